The maximum Gasteiger partial charge on any atom is 0.416 e. The molecule has 30 heavy (non-hydrogen) atoms. The van der Waals surface area contributed by atoms with Gasteiger partial charge in [-0.2, -0.15) is 13.2 Å². The number of amides is 1. The van der Waals surface area contributed by atoms with Crippen molar-refractivity contribution in [1.29, 1.82) is 0 Å². The molecule has 0 spiro atoms. The van der Waals surface area contributed by atoms with Crippen LogP contribution in [-0.4, -0.2) is 21.1 Å². The van der Waals surface area contributed by atoms with E-state index in [9.17, 15) is 27.6 Å². The summed E-state index contributed by atoms with van der Waals surface area (Å²) in [5, 5.41) is 2.81. The first kappa shape index (κ1) is 21.4. The van der Waals surface area contributed by atoms with Crippen molar-refractivity contribution in [2.75, 3.05) is 0 Å². The van der Waals surface area contributed by atoms with Gasteiger partial charge in [0.05, 0.1) is 22.2 Å². The Hall–Kier alpha value is -3.36. The van der Waals surface area contributed by atoms with Crippen molar-refractivity contribution < 1.29 is 18.0 Å². The van der Waals surface area contributed by atoms with E-state index in [4.69, 9.17) is 0 Å². The Morgan fingerprint density at radius 3 is 2.30 bits per heavy atom. The molecule has 3 rings (SSSR count). The summed E-state index contributed by atoms with van der Waals surface area (Å²) in [5.74, 6) is -0.452. The number of halogens is 3. The molecular formula is C21H20F3N3O3. The summed E-state index contributed by atoms with van der Waals surface area (Å²) in [5.41, 5.74) is -2.65. The van der Waals surface area contributed by atoms with E-state index in [1.807, 2.05) is 0 Å². The van der Waals surface area contributed by atoms with Crippen LogP contribution in [0.15, 0.2) is 58.1 Å². The van der Waals surface area contributed by atoms with Crippen LogP contribution in [-0.2, 0) is 11.0 Å². The van der Waals surface area contributed by atoms with Crippen LogP contribution in [0.1, 0.15) is 32.4 Å². The summed E-state index contributed by atoms with van der Waals surface area (Å²) >= 11 is 0. The lowest BCUT2D eigenvalue weighted by Gasteiger charge is -2.21. The Morgan fingerprint density at radius 2 is 1.67 bits per heavy atom. The van der Waals surface area contributed by atoms with E-state index < -0.39 is 34.9 Å². The molecule has 1 unspecified atom stereocenters. The smallest absolute Gasteiger partial charge is 0.352 e. The Balaban J connectivity index is 2.34. The van der Waals surface area contributed by atoms with E-state index in [2.05, 4.69) is 5.32 Å². The van der Waals surface area contributed by atoms with Crippen molar-refractivity contribution in [3.63, 3.8) is 0 Å². The molecule has 0 aliphatic heterocycles. The third-order valence-electron chi connectivity index (χ3n) is 4.62. The molecule has 158 valence electrons. The minimum absolute atomic E-state index is 0.110. The van der Waals surface area contributed by atoms with Crippen LogP contribution in [0.3, 0.4) is 0 Å². The molecule has 0 bridgehead atoms. The topological polar surface area (TPSA) is 73.1 Å². The fourth-order valence-electron chi connectivity index (χ4n) is 3.23. The highest BCUT2D eigenvalue weighted by atomic mass is 19.4. The van der Waals surface area contributed by atoms with Crippen LogP contribution in [0.4, 0.5) is 13.2 Å². The highest BCUT2D eigenvalue weighted by Gasteiger charge is 2.31. The van der Waals surface area contributed by atoms with Gasteiger partial charge < -0.3 is 5.32 Å². The standard InChI is InChI=1S/C21H20F3N3O3/c1-12(2)25-18(28)13(3)26-17-10-5-4-9-16(17)19(29)27(20(26)30)15-8-6-7-14(11-15)21(22,23)24/h4-13H,1-3H3,(H,25,28). The van der Waals surface area contributed by atoms with Crippen LogP contribution in [0.5, 0.6) is 0 Å². The van der Waals surface area contributed by atoms with Crippen LogP contribution >= 0.6 is 0 Å². The zero-order valence-corrected chi connectivity index (χ0v) is 16.5. The number of hydrogen-bond donors (Lipinski definition) is 1. The van der Waals surface area contributed by atoms with Gasteiger partial charge in [-0.15, -0.1) is 0 Å². The Kier molecular flexibility index (Phi) is 5.56. The Morgan fingerprint density at radius 1 is 1.00 bits per heavy atom. The molecular weight excluding hydrogens is 399 g/mol. The number of para-hydroxylation sites is 1. The quantitative estimate of drug-likeness (QED) is 0.706. The molecule has 6 nitrogen and oxygen atoms in total. The van der Waals surface area contributed by atoms with Crippen molar-refractivity contribution in [2.24, 2.45) is 0 Å². The van der Waals surface area contributed by atoms with E-state index in [-0.39, 0.29) is 22.6 Å². The van der Waals surface area contributed by atoms with Crippen molar-refractivity contribution in [2.45, 2.75) is 39.0 Å². The monoisotopic (exact) mass is 419 g/mol. The minimum atomic E-state index is -4.64. The molecule has 0 fully saturated rings. The fraction of sp³-hybridized carbons (Fsp3) is 0.286. The second kappa shape index (κ2) is 7.81. The lowest BCUT2D eigenvalue weighted by molar-refractivity contribution is -0.137. The molecule has 0 saturated heterocycles. The second-order valence-electron chi connectivity index (χ2n) is 7.20. The SMILES string of the molecule is CC(C)NC(=O)C(C)n1c(=O)n(-c2cccc(C(F)(F)F)c2)c(=O)c2ccccc21. The van der Waals surface area contributed by atoms with Gasteiger partial charge in [-0.3, -0.25) is 14.2 Å². The Labute approximate surface area is 169 Å². The summed E-state index contributed by atoms with van der Waals surface area (Å²) in [4.78, 5) is 38.8. The van der Waals surface area contributed by atoms with E-state index >= 15 is 0 Å². The summed E-state index contributed by atoms with van der Waals surface area (Å²) in [7, 11) is 0. The molecule has 9 heteroatoms. The van der Waals surface area contributed by atoms with Gasteiger partial charge in [-0.1, -0.05) is 18.2 Å². The second-order valence-corrected chi connectivity index (χ2v) is 7.20. The molecule has 1 atom stereocenters. The number of carbonyl (C=O) groups excluding carboxylic acids is 1. The minimum Gasteiger partial charge on any atom is -0.352 e. The largest absolute Gasteiger partial charge is 0.416 e. The van der Waals surface area contributed by atoms with Gasteiger partial charge in [0.15, 0.2) is 0 Å². The number of nitrogens with zero attached hydrogens (tertiary/aromatic N) is 2. The highest BCUT2D eigenvalue weighted by Crippen LogP contribution is 2.30. The summed E-state index contributed by atoms with van der Waals surface area (Å²) < 4.78 is 41.2. The van der Waals surface area contributed by atoms with Crippen molar-refractivity contribution in [1.82, 2.24) is 14.5 Å². The van der Waals surface area contributed by atoms with Gasteiger partial charge in [-0.25, -0.2) is 9.36 Å². The molecule has 2 aromatic carbocycles. The molecule has 1 aromatic heterocycles. The predicted molar refractivity (Wildman–Crippen MR) is 107 cm³/mol. The summed E-state index contributed by atoms with van der Waals surface area (Å²) in [6, 6.07) is 8.95. The van der Waals surface area contributed by atoms with Crippen molar-refractivity contribution >= 4 is 16.8 Å². The van der Waals surface area contributed by atoms with Gasteiger partial charge in [0, 0.05) is 6.04 Å². The molecule has 0 saturated carbocycles. The Bertz CT molecular complexity index is 1230. The number of benzene rings is 2. The van der Waals surface area contributed by atoms with E-state index in [1.54, 1.807) is 26.0 Å². The number of hydrogen-bond acceptors (Lipinski definition) is 3. The summed E-state index contributed by atoms with van der Waals surface area (Å²) in [6.45, 7) is 5.01. The van der Waals surface area contributed by atoms with Crippen molar-refractivity contribution in [3.8, 4) is 5.69 Å². The number of fused-ring (bicyclic) bond motifs is 1. The first-order valence-electron chi connectivity index (χ1n) is 9.26. The van der Waals surface area contributed by atoms with Gasteiger partial charge in [-0.05, 0) is 51.1 Å². The molecule has 3 aromatic rings. The molecule has 1 amide bonds. The van der Waals surface area contributed by atoms with E-state index in [1.165, 1.54) is 25.1 Å². The normalized spacial score (nSPS) is 12.9. The number of rotatable bonds is 4. The third kappa shape index (κ3) is 3.87. The maximum atomic E-state index is 13.3. The van der Waals surface area contributed by atoms with E-state index in [0.29, 0.717) is 4.57 Å². The van der Waals surface area contributed by atoms with Crippen LogP contribution in [0.25, 0.3) is 16.6 Å². The molecule has 0 aliphatic carbocycles. The van der Waals surface area contributed by atoms with E-state index in [0.717, 1.165) is 22.8 Å². The fourth-order valence-corrected chi connectivity index (χ4v) is 3.23. The van der Waals surface area contributed by atoms with Crippen LogP contribution in [0, 0.1) is 0 Å². The zero-order valence-electron chi connectivity index (χ0n) is 16.5. The van der Waals surface area contributed by atoms with Gasteiger partial charge in [0.25, 0.3) is 5.56 Å². The lowest BCUT2D eigenvalue weighted by atomic mass is 10.1. The number of carbonyl (C=O) groups is 1. The van der Waals surface area contributed by atoms with Crippen molar-refractivity contribution in [3.05, 3.63) is 74.9 Å². The van der Waals surface area contributed by atoms with Gasteiger partial charge >= 0.3 is 11.9 Å². The maximum absolute atomic E-state index is 13.3. The molecule has 1 heterocycles. The highest BCUT2D eigenvalue weighted by molar-refractivity contribution is 5.84. The lowest BCUT2D eigenvalue weighted by Crippen LogP contribution is -2.44. The average Bonchev–Trinajstić information content (AvgIpc) is 2.67. The van der Waals surface area contributed by atoms with Gasteiger partial charge in [0.1, 0.15) is 6.04 Å². The number of nitrogens with one attached hydrogen (secondary N) is 1. The van der Waals surface area contributed by atoms with Crippen LogP contribution < -0.4 is 16.6 Å². The number of alkyl halides is 3. The predicted octanol–water partition coefficient (Wildman–Crippen LogP) is 3.26. The average molecular weight is 419 g/mol. The zero-order chi connectivity index (χ0) is 22.2. The number of aromatic nitrogens is 2. The molecule has 1 N–H and O–H groups in total. The first-order valence-corrected chi connectivity index (χ1v) is 9.26. The summed E-state index contributed by atoms with van der Waals surface area (Å²) in [6.07, 6.45) is -4.64. The first-order chi connectivity index (χ1) is 14.0. The third-order valence-corrected chi connectivity index (χ3v) is 4.62. The molecule has 0 aliphatic rings. The van der Waals surface area contributed by atoms with Gasteiger partial charge in [0.2, 0.25) is 5.91 Å². The van der Waals surface area contributed by atoms with Crippen LogP contribution in [0.2, 0.25) is 0 Å². The molecule has 0 radical (unpaired) electrons.